The highest BCUT2D eigenvalue weighted by molar-refractivity contribution is 6.04. The molecule has 0 spiro atoms. The maximum Gasteiger partial charge on any atom is 0.237 e. The second kappa shape index (κ2) is 7.78. The Balaban J connectivity index is 2.64. The molecule has 0 atom stereocenters. The average Bonchev–Trinajstić information content (AvgIpc) is 2.50. The van der Waals surface area contributed by atoms with Gasteiger partial charge in [0.1, 0.15) is 5.41 Å². The van der Waals surface area contributed by atoms with Crippen molar-refractivity contribution in [1.82, 2.24) is 14.7 Å². The molecule has 1 heterocycles. The van der Waals surface area contributed by atoms with E-state index in [0.29, 0.717) is 0 Å². The van der Waals surface area contributed by atoms with Crippen molar-refractivity contribution in [2.75, 3.05) is 46.3 Å². The third kappa shape index (κ3) is 4.43. The smallest absolute Gasteiger partial charge is 0.237 e. The van der Waals surface area contributed by atoms with Gasteiger partial charge in [0.15, 0.2) is 0 Å². The van der Waals surface area contributed by atoms with Crippen LogP contribution in [0.25, 0.3) is 0 Å². The zero-order chi connectivity index (χ0) is 16.0. The molecule has 0 bridgehead atoms. The van der Waals surface area contributed by atoms with Gasteiger partial charge in [-0.15, -0.1) is 0 Å². The Bertz CT molecular complexity index is 361. The highest BCUT2D eigenvalue weighted by Crippen LogP contribution is 2.23. The molecule has 0 aliphatic carbocycles. The van der Waals surface area contributed by atoms with Crippen molar-refractivity contribution in [2.45, 2.75) is 40.5 Å². The Hall–Kier alpha value is -1.10. The van der Waals surface area contributed by atoms with Crippen LogP contribution in [0.2, 0.25) is 0 Å². The first-order chi connectivity index (χ1) is 9.84. The van der Waals surface area contributed by atoms with Gasteiger partial charge in [-0.2, -0.15) is 0 Å². The number of rotatable bonds is 6. The molecule has 21 heavy (non-hydrogen) atoms. The van der Waals surface area contributed by atoms with Gasteiger partial charge in [0, 0.05) is 39.8 Å². The number of hydrogen-bond acceptors (Lipinski definition) is 3. The maximum atomic E-state index is 12.7. The summed E-state index contributed by atoms with van der Waals surface area (Å²) in [6.45, 7) is 12.7. The minimum atomic E-state index is -0.961. The number of hydrogen-bond donors (Lipinski definition) is 0. The lowest BCUT2D eigenvalue weighted by Crippen LogP contribution is -2.55. The fourth-order valence-corrected chi connectivity index (χ4v) is 2.73. The van der Waals surface area contributed by atoms with Crippen molar-refractivity contribution in [2.24, 2.45) is 5.41 Å². The summed E-state index contributed by atoms with van der Waals surface area (Å²) in [6.07, 6.45) is 2.02. The number of nitrogens with zero attached hydrogens (tertiary/aromatic N) is 3. The molecule has 1 rings (SSSR count). The lowest BCUT2D eigenvalue weighted by molar-refractivity contribution is -0.154. The predicted octanol–water partition coefficient (Wildman–Crippen LogP) is 1.44. The van der Waals surface area contributed by atoms with E-state index >= 15 is 0 Å². The van der Waals surface area contributed by atoms with Gasteiger partial charge in [-0.1, -0.05) is 20.3 Å². The van der Waals surface area contributed by atoms with Gasteiger partial charge >= 0.3 is 0 Å². The fraction of sp³-hybridized carbons (Fsp3) is 0.875. The summed E-state index contributed by atoms with van der Waals surface area (Å²) in [7, 11) is 1.79. The van der Waals surface area contributed by atoms with Crippen LogP contribution >= 0.6 is 0 Å². The topological polar surface area (TPSA) is 43.9 Å². The number of likely N-dealkylation sites (N-methyl/N-ethyl adjacent to an activating group) is 1. The third-order valence-corrected chi connectivity index (χ3v) is 4.37. The largest absolute Gasteiger partial charge is 0.345 e. The summed E-state index contributed by atoms with van der Waals surface area (Å²) in [5.41, 5.74) is -0.961. The number of unbranched alkanes of at least 4 members (excludes halogenated alkanes) is 1. The van der Waals surface area contributed by atoms with E-state index in [1.165, 1.54) is 0 Å². The summed E-state index contributed by atoms with van der Waals surface area (Å²) in [4.78, 5) is 31.1. The van der Waals surface area contributed by atoms with Crippen molar-refractivity contribution in [3.63, 3.8) is 0 Å². The van der Waals surface area contributed by atoms with Crippen molar-refractivity contribution in [3.8, 4) is 0 Å². The van der Waals surface area contributed by atoms with E-state index < -0.39 is 5.41 Å². The summed E-state index contributed by atoms with van der Waals surface area (Å²) in [5.74, 6) is -0.106. The van der Waals surface area contributed by atoms with Crippen LogP contribution in [0.4, 0.5) is 0 Å². The zero-order valence-electron chi connectivity index (χ0n) is 14.3. The second-order valence-electron chi connectivity index (χ2n) is 6.43. The van der Waals surface area contributed by atoms with Gasteiger partial charge in [-0.3, -0.25) is 9.59 Å². The molecule has 0 N–H and O–H groups in total. The number of piperazine rings is 1. The minimum absolute atomic E-state index is 0.0356. The molecule has 0 aromatic carbocycles. The van der Waals surface area contributed by atoms with Gasteiger partial charge in [-0.25, -0.2) is 0 Å². The summed E-state index contributed by atoms with van der Waals surface area (Å²) >= 11 is 0. The van der Waals surface area contributed by atoms with Crippen molar-refractivity contribution in [1.29, 1.82) is 0 Å². The molecule has 1 saturated heterocycles. The third-order valence-electron chi connectivity index (χ3n) is 4.37. The molecule has 5 heteroatoms. The first-order valence-corrected chi connectivity index (χ1v) is 8.11. The van der Waals surface area contributed by atoms with Gasteiger partial charge in [-0.05, 0) is 26.8 Å². The molecule has 0 unspecified atom stereocenters. The van der Waals surface area contributed by atoms with E-state index in [1.54, 1.807) is 25.8 Å². The average molecular weight is 297 g/mol. The fourth-order valence-electron chi connectivity index (χ4n) is 2.73. The number of carbonyl (C=O) groups is 2. The molecule has 0 aromatic rings. The minimum Gasteiger partial charge on any atom is -0.345 e. The second-order valence-corrected chi connectivity index (χ2v) is 6.43. The molecule has 5 nitrogen and oxygen atoms in total. The molecule has 1 fully saturated rings. The predicted molar refractivity (Wildman–Crippen MR) is 85.0 cm³/mol. The molecule has 2 amide bonds. The summed E-state index contributed by atoms with van der Waals surface area (Å²) in [6, 6.07) is 0. The molecule has 1 aliphatic heterocycles. The van der Waals surface area contributed by atoms with E-state index in [-0.39, 0.29) is 11.8 Å². The Morgan fingerprint density at radius 3 is 2.14 bits per heavy atom. The molecule has 122 valence electrons. The Morgan fingerprint density at radius 1 is 1.10 bits per heavy atom. The highest BCUT2D eigenvalue weighted by Gasteiger charge is 2.41. The van der Waals surface area contributed by atoms with Crippen LogP contribution in [0.3, 0.4) is 0 Å². The van der Waals surface area contributed by atoms with E-state index in [2.05, 4.69) is 18.7 Å². The van der Waals surface area contributed by atoms with Gasteiger partial charge < -0.3 is 14.7 Å². The monoisotopic (exact) mass is 297 g/mol. The Morgan fingerprint density at radius 2 is 1.67 bits per heavy atom. The van der Waals surface area contributed by atoms with Crippen LogP contribution < -0.4 is 0 Å². The lowest BCUT2D eigenvalue weighted by atomic mass is 9.89. The quantitative estimate of drug-likeness (QED) is 0.697. The molecule has 0 saturated carbocycles. The molecular formula is C16H31N3O2. The van der Waals surface area contributed by atoms with Crippen LogP contribution in [0.5, 0.6) is 0 Å². The highest BCUT2D eigenvalue weighted by atomic mass is 16.2. The summed E-state index contributed by atoms with van der Waals surface area (Å²) < 4.78 is 0. The van der Waals surface area contributed by atoms with Crippen LogP contribution in [0.15, 0.2) is 0 Å². The molecular weight excluding hydrogens is 266 g/mol. The maximum absolute atomic E-state index is 12.7. The van der Waals surface area contributed by atoms with Gasteiger partial charge in [0.2, 0.25) is 11.8 Å². The van der Waals surface area contributed by atoms with Gasteiger partial charge in [0.25, 0.3) is 0 Å². The Labute approximate surface area is 129 Å². The van der Waals surface area contributed by atoms with Crippen LogP contribution in [-0.2, 0) is 9.59 Å². The van der Waals surface area contributed by atoms with Crippen LogP contribution in [0.1, 0.15) is 40.5 Å². The van der Waals surface area contributed by atoms with Crippen LogP contribution in [0, 0.1) is 5.41 Å². The standard InChI is InChI=1S/C16H31N3O2/c1-6-8-9-17(5)14(20)16(3,4)15(21)19-12-10-18(7-2)11-13-19/h6-13H2,1-5H3. The van der Waals surface area contributed by atoms with E-state index in [4.69, 9.17) is 0 Å². The van der Waals surface area contributed by atoms with E-state index in [0.717, 1.165) is 52.1 Å². The van der Waals surface area contributed by atoms with E-state index in [9.17, 15) is 9.59 Å². The first-order valence-electron chi connectivity index (χ1n) is 8.11. The number of amides is 2. The van der Waals surface area contributed by atoms with Crippen LogP contribution in [-0.4, -0.2) is 72.8 Å². The Kier molecular flexibility index (Phi) is 6.65. The van der Waals surface area contributed by atoms with Crippen molar-refractivity contribution >= 4 is 11.8 Å². The first kappa shape index (κ1) is 18.0. The summed E-state index contributed by atoms with van der Waals surface area (Å²) in [5, 5.41) is 0. The van der Waals surface area contributed by atoms with Crippen molar-refractivity contribution < 1.29 is 9.59 Å². The normalized spacial score (nSPS) is 16.9. The molecule has 1 aliphatic rings. The molecule has 0 aromatic heterocycles. The number of carbonyl (C=O) groups excluding carboxylic acids is 2. The van der Waals surface area contributed by atoms with Crippen molar-refractivity contribution in [3.05, 3.63) is 0 Å². The SMILES string of the molecule is CCCCN(C)C(=O)C(C)(C)C(=O)N1CCN(CC)CC1. The zero-order valence-corrected chi connectivity index (χ0v) is 14.3. The van der Waals surface area contributed by atoms with E-state index in [1.807, 2.05) is 4.90 Å². The van der Waals surface area contributed by atoms with Gasteiger partial charge in [0.05, 0.1) is 0 Å². The molecule has 0 radical (unpaired) electrons. The lowest BCUT2D eigenvalue weighted by Gasteiger charge is -2.38.